The highest BCUT2D eigenvalue weighted by Crippen LogP contribution is 2.37. The molecule has 0 bridgehead atoms. The summed E-state index contributed by atoms with van der Waals surface area (Å²) in [4.78, 5) is 0.293. The first kappa shape index (κ1) is 28.9. The maximum atomic E-state index is 13.0. The van der Waals surface area contributed by atoms with Gasteiger partial charge in [-0.2, -0.15) is 4.31 Å². The maximum Gasteiger partial charge on any atom is 0.243 e. The normalized spacial score (nSPS) is 21.0. The van der Waals surface area contributed by atoms with Crippen LogP contribution >= 0.6 is 0 Å². The molecule has 2 aromatic rings. The Morgan fingerprint density at radius 3 is 2.47 bits per heavy atom. The van der Waals surface area contributed by atoms with Crippen molar-refractivity contribution >= 4 is 20.0 Å². The molecule has 210 valence electrons. The molecule has 0 amide bonds. The number of ether oxygens (including phenoxy) is 2. The lowest BCUT2D eigenvalue weighted by atomic mass is 9.88. The van der Waals surface area contributed by atoms with Gasteiger partial charge in [-0.15, -0.1) is 0 Å². The third kappa shape index (κ3) is 6.72. The number of aliphatic hydroxyl groups is 2. The zero-order valence-electron chi connectivity index (χ0n) is 21.2. The Morgan fingerprint density at radius 1 is 1.11 bits per heavy atom. The molecular weight excluding hydrogens is 534 g/mol. The van der Waals surface area contributed by atoms with E-state index < -0.39 is 31.8 Å². The molecule has 0 radical (unpaired) electrons. The van der Waals surface area contributed by atoms with Crippen molar-refractivity contribution in [2.75, 3.05) is 39.9 Å². The van der Waals surface area contributed by atoms with Crippen molar-refractivity contribution in [3.63, 3.8) is 0 Å². The summed E-state index contributed by atoms with van der Waals surface area (Å²) in [5.41, 5.74) is 0.260. The van der Waals surface area contributed by atoms with Crippen molar-refractivity contribution in [3.8, 4) is 5.75 Å². The average molecular weight is 570 g/mol. The number of benzene rings is 2. The van der Waals surface area contributed by atoms with Gasteiger partial charge in [0.05, 0.1) is 28.6 Å². The van der Waals surface area contributed by atoms with Gasteiger partial charge < -0.3 is 25.0 Å². The van der Waals surface area contributed by atoms with Crippen LogP contribution in [0.5, 0.6) is 5.75 Å². The molecule has 1 spiro atoms. The molecular formula is C25H35N3O8S2. The van der Waals surface area contributed by atoms with Crippen LogP contribution in [0.15, 0.2) is 58.3 Å². The summed E-state index contributed by atoms with van der Waals surface area (Å²) < 4.78 is 65.4. The first-order chi connectivity index (χ1) is 18.1. The van der Waals surface area contributed by atoms with E-state index in [1.165, 1.54) is 35.6 Å². The van der Waals surface area contributed by atoms with Gasteiger partial charge in [0, 0.05) is 31.7 Å². The molecule has 4 N–H and O–H groups in total. The summed E-state index contributed by atoms with van der Waals surface area (Å²) in [7, 11) is -5.87. The SMILES string of the molecule is CNS(=O)(=O)c1cccc(OC[C@@H](O)CNC2COC3(CCN(S(=O)(=O)c4ccc(CO)cc4)CC3)C2)c1. The number of piperidine rings is 1. The van der Waals surface area contributed by atoms with Gasteiger partial charge in [0.2, 0.25) is 20.0 Å². The number of rotatable bonds is 11. The lowest BCUT2D eigenvalue weighted by Gasteiger charge is -2.38. The summed E-state index contributed by atoms with van der Waals surface area (Å²) in [6.07, 6.45) is 1.05. The van der Waals surface area contributed by atoms with Crippen LogP contribution in [0.3, 0.4) is 0 Å². The van der Waals surface area contributed by atoms with Gasteiger partial charge in [0.15, 0.2) is 0 Å². The van der Waals surface area contributed by atoms with E-state index in [-0.39, 0.29) is 35.6 Å². The van der Waals surface area contributed by atoms with Crippen LogP contribution in [0, 0.1) is 0 Å². The standard InChI is InChI=1S/C25H35N3O8S2/c1-26-37(31,32)24-4-2-3-22(13-24)35-18-21(30)15-27-20-14-25(36-17-20)9-11-28(12-10-25)38(33,34)23-7-5-19(16-29)6-8-23/h2-8,13,20-21,26-27,29-30H,9-12,14-18H2,1H3/t20?,21-/m0/s1. The zero-order chi connectivity index (χ0) is 27.4. The molecule has 13 heteroatoms. The van der Waals surface area contributed by atoms with E-state index in [1.807, 2.05) is 0 Å². The number of sulfonamides is 2. The summed E-state index contributed by atoms with van der Waals surface area (Å²) in [6.45, 7) is 1.29. The number of aliphatic hydroxyl groups excluding tert-OH is 2. The molecule has 2 aromatic carbocycles. The molecule has 2 saturated heterocycles. The monoisotopic (exact) mass is 569 g/mol. The van der Waals surface area contributed by atoms with Crippen molar-refractivity contribution < 1.29 is 36.5 Å². The molecule has 1 unspecified atom stereocenters. The second-order valence-electron chi connectivity index (χ2n) is 9.66. The Hall–Kier alpha value is -2.10. The van der Waals surface area contributed by atoms with Crippen molar-refractivity contribution in [1.82, 2.24) is 14.3 Å². The van der Waals surface area contributed by atoms with Crippen molar-refractivity contribution in [2.24, 2.45) is 0 Å². The van der Waals surface area contributed by atoms with Crippen LogP contribution in [-0.2, 0) is 31.4 Å². The summed E-state index contributed by atoms with van der Waals surface area (Å²) in [5.74, 6) is 0.342. The van der Waals surface area contributed by atoms with Gasteiger partial charge in [-0.05, 0) is 56.1 Å². The minimum Gasteiger partial charge on any atom is -0.491 e. The molecule has 2 atom stereocenters. The summed E-state index contributed by atoms with van der Waals surface area (Å²) >= 11 is 0. The molecule has 0 aromatic heterocycles. The minimum atomic E-state index is -3.61. The third-order valence-corrected chi connectivity index (χ3v) is 10.4. The van der Waals surface area contributed by atoms with E-state index >= 15 is 0 Å². The Morgan fingerprint density at radius 2 is 1.82 bits per heavy atom. The number of nitrogens with one attached hydrogen (secondary N) is 2. The lowest BCUT2D eigenvalue weighted by molar-refractivity contribution is -0.0312. The molecule has 4 rings (SSSR count). The van der Waals surface area contributed by atoms with E-state index in [9.17, 15) is 27.0 Å². The Kier molecular flexibility index (Phi) is 9.10. The molecule has 2 aliphatic heterocycles. The molecule has 11 nitrogen and oxygen atoms in total. The summed E-state index contributed by atoms with van der Waals surface area (Å²) in [5, 5.41) is 22.9. The molecule has 0 aliphatic carbocycles. The molecule has 0 saturated carbocycles. The van der Waals surface area contributed by atoms with Gasteiger partial charge in [0.1, 0.15) is 18.5 Å². The van der Waals surface area contributed by atoms with Gasteiger partial charge in [0.25, 0.3) is 0 Å². The van der Waals surface area contributed by atoms with Gasteiger partial charge in [-0.1, -0.05) is 18.2 Å². The molecule has 2 fully saturated rings. The summed E-state index contributed by atoms with van der Waals surface area (Å²) in [6, 6.07) is 12.3. The third-order valence-electron chi connectivity index (χ3n) is 7.06. The number of hydrogen-bond donors (Lipinski definition) is 4. The Balaban J connectivity index is 1.22. The average Bonchev–Trinajstić information content (AvgIpc) is 3.33. The predicted molar refractivity (Wildman–Crippen MR) is 140 cm³/mol. The lowest BCUT2D eigenvalue weighted by Crippen LogP contribution is -2.47. The van der Waals surface area contributed by atoms with E-state index in [4.69, 9.17) is 9.47 Å². The van der Waals surface area contributed by atoms with E-state index in [0.29, 0.717) is 50.3 Å². The Labute approximate surface area is 223 Å². The quantitative estimate of drug-likeness (QED) is 0.302. The van der Waals surface area contributed by atoms with Crippen molar-refractivity contribution in [2.45, 2.75) is 53.4 Å². The van der Waals surface area contributed by atoms with E-state index in [2.05, 4.69) is 10.0 Å². The number of hydrogen-bond acceptors (Lipinski definition) is 9. The fourth-order valence-corrected chi connectivity index (χ4v) is 6.98. The fourth-order valence-electron chi connectivity index (χ4n) is 4.78. The first-order valence-electron chi connectivity index (χ1n) is 12.5. The first-order valence-corrected chi connectivity index (χ1v) is 15.4. The highest BCUT2D eigenvalue weighted by atomic mass is 32.2. The van der Waals surface area contributed by atoms with Crippen LogP contribution in [0.1, 0.15) is 24.8 Å². The Bertz CT molecular complexity index is 1290. The highest BCUT2D eigenvalue weighted by Gasteiger charge is 2.44. The van der Waals surface area contributed by atoms with Crippen LogP contribution in [0.25, 0.3) is 0 Å². The van der Waals surface area contributed by atoms with E-state index in [0.717, 1.165) is 0 Å². The highest BCUT2D eigenvalue weighted by molar-refractivity contribution is 7.89. The topological polar surface area (TPSA) is 154 Å². The van der Waals surface area contributed by atoms with Crippen LogP contribution in [-0.4, -0.2) is 89.0 Å². The second-order valence-corrected chi connectivity index (χ2v) is 13.5. The van der Waals surface area contributed by atoms with Gasteiger partial charge in [-0.25, -0.2) is 21.6 Å². The minimum absolute atomic E-state index is 0.0130. The van der Waals surface area contributed by atoms with Crippen LogP contribution in [0.4, 0.5) is 0 Å². The van der Waals surface area contributed by atoms with Crippen molar-refractivity contribution in [1.29, 1.82) is 0 Å². The van der Waals surface area contributed by atoms with Crippen LogP contribution in [0.2, 0.25) is 0 Å². The molecule has 2 aliphatic rings. The van der Waals surface area contributed by atoms with E-state index in [1.54, 1.807) is 24.3 Å². The van der Waals surface area contributed by atoms with Crippen molar-refractivity contribution in [3.05, 3.63) is 54.1 Å². The smallest absolute Gasteiger partial charge is 0.243 e. The molecule has 2 heterocycles. The van der Waals surface area contributed by atoms with Crippen LogP contribution < -0.4 is 14.8 Å². The maximum absolute atomic E-state index is 13.0. The fraction of sp³-hybridized carbons (Fsp3) is 0.520. The van der Waals surface area contributed by atoms with Gasteiger partial charge >= 0.3 is 0 Å². The predicted octanol–water partition coefficient (Wildman–Crippen LogP) is 0.429. The molecule has 38 heavy (non-hydrogen) atoms. The number of nitrogens with zero attached hydrogens (tertiary/aromatic N) is 1. The van der Waals surface area contributed by atoms with Gasteiger partial charge in [-0.3, -0.25) is 0 Å². The largest absolute Gasteiger partial charge is 0.491 e. The zero-order valence-corrected chi connectivity index (χ0v) is 22.9. The second kappa shape index (κ2) is 12.0.